The van der Waals surface area contributed by atoms with E-state index in [1.54, 1.807) is 11.3 Å². The van der Waals surface area contributed by atoms with Gasteiger partial charge < -0.3 is 14.5 Å². The molecule has 0 aromatic carbocycles. The zero-order valence-electron chi connectivity index (χ0n) is 17.0. The maximum atomic E-state index is 12.8. The van der Waals surface area contributed by atoms with Gasteiger partial charge in [0.05, 0.1) is 16.4 Å². The molecule has 1 aliphatic rings. The summed E-state index contributed by atoms with van der Waals surface area (Å²) < 4.78 is 2.24. The number of hydrogen-bond acceptors (Lipinski definition) is 5. The number of thioether (sulfide) groups is 1. The lowest BCUT2D eigenvalue weighted by Crippen LogP contribution is -2.42. The van der Waals surface area contributed by atoms with Crippen molar-refractivity contribution in [3.05, 3.63) is 51.1 Å². The van der Waals surface area contributed by atoms with Gasteiger partial charge in [0.1, 0.15) is 10.7 Å². The van der Waals surface area contributed by atoms with Gasteiger partial charge in [0.2, 0.25) is 5.91 Å². The summed E-state index contributed by atoms with van der Waals surface area (Å²) in [7, 11) is 0. The Morgan fingerprint density at radius 2 is 2.00 bits per heavy atom. The molecule has 1 N–H and O–H groups in total. The second kappa shape index (κ2) is 8.36. The highest BCUT2D eigenvalue weighted by molar-refractivity contribution is 7.99. The molecule has 0 saturated carbocycles. The van der Waals surface area contributed by atoms with Crippen LogP contribution in [0.1, 0.15) is 42.1 Å². The molecule has 4 rings (SSSR count). The van der Waals surface area contributed by atoms with E-state index in [2.05, 4.69) is 26.9 Å². The smallest absolute Gasteiger partial charge is 0.259 e. The number of carbonyl (C=O) groups excluding carboxylic acids is 1. The number of likely N-dealkylation sites (tertiary alicyclic amines) is 1. The molecule has 154 valence electrons. The minimum Gasteiger partial charge on any atom is -0.351 e. The summed E-state index contributed by atoms with van der Waals surface area (Å²) in [6.45, 7) is 7.50. The lowest BCUT2D eigenvalue weighted by molar-refractivity contribution is -0.131. The van der Waals surface area contributed by atoms with Crippen LogP contribution in [0.4, 0.5) is 0 Å². The summed E-state index contributed by atoms with van der Waals surface area (Å²) in [6.07, 6.45) is 6.17. The third-order valence-corrected chi connectivity index (χ3v) is 7.97. The fourth-order valence-corrected chi connectivity index (χ4v) is 5.76. The molecule has 1 amide bonds. The number of aryl methyl sites for hydroxylation is 2. The van der Waals surface area contributed by atoms with Crippen LogP contribution in [-0.2, 0) is 10.5 Å². The number of H-pyrrole nitrogens is 1. The van der Waals surface area contributed by atoms with E-state index in [0.29, 0.717) is 23.0 Å². The van der Waals surface area contributed by atoms with Crippen molar-refractivity contribution in [1.82, 2.24) is 19.4 Å². The Labute approximate surface area is 178 Å². The Kier molecular flexibility index (Phi) is 5.83. The third-order valence-electron chi connectivity index (χ3n) is 5.73. The van der Waals surface area contributed by atoms with Crippen molar-refractivity contribution in [3.63, 3.8) is 0 Å². The normalized spacial score (nSPS) is 16.4. The van der Waals surface area contributed by atoms with Gasteiger partial charge in [-0.25, -0.2) is 4.98 Å². The summed E-state index contributed by atoms with van der Waals surface area (Å²) in [5.41, 5.74) is 0.920. The first-order valence-corrected chi connectivity index (χ1v) is 11.8. The molecule has 8 heteroatoms. The average Bonchev–Trinajstić information content (AvgIpc) is 3.34. The molecule has 3 aromatic heterocycles. The van der Waals surface area contributed by atoms with Crippen LogP contribution >= 0.6 is 23.1 Å². The SMILES string of the molecule is Cc1sc2nc(CSC(C)C(=O)N3CCC(n4cccc4)CC3)[nH]c(=O)c2c1C. The second-order valence-corrected chi connectivity index (χ2v) is 10.1. The molecule has 1 unspecified atom stereocenters. The first-order valence-electron chi connectivity index (χ1n) is 9.95. The van der Waals surface area contributed by atoms with Crippen molar-refractivity contribution in [2.75, 3.05) is 13.1 Å². The predicted molar refractivity (Wildman–Crippen MR) is 120 cm³/mol. The zero-order chi connectivity index (χ0) is 20.5. The van der Waals surface area contributed by atoms with Crippen LogP contribution in [0.5, 0.6) is 0 Å². The molecule has 4 heterocycles. The van der Waals surface area contributed by atoms with Crippen molar-refractivity contribution in [2.24, 2.45) is 0 Å². The van der Waals surface area contributed by atoms with Gasteiger partial charge in [-0.1, -0.05) is 0 Å². The van der Waals surface area contributed by atoms with Crippen LogP contribution < -0.4 is 5.56 Å². The number of amides is 1. The molecule has 0 bridgehead atoms. The highest BCUT2D eigenvalue weighted by Crippen LogP contribution is 2.28. The number of rotatable bonds is 5. The van der Waals surface area contributed by atoms with Gasteiger partial charge in [-0.15, -0.1) is 23.1 Å². The number of aromatic nitrogens is 3. The van der Waals surface area contributed by atoms with Crippen LogP contribution in [-0.4, -0.2) is 43.7 Å². The minimum atomic E-state index is -0.161. The van der Waals surface area contributed by atoms with Gasteiger partial charge in [0.15, 0.2) is 0 Å². The van der Waals surface area contributed by atoms with Gasteiger partial charge in [0.25, 0.3) is 5.56 Å². The predicted octanol–water partition coefficient (Wildman–Crippen LogP) is 3.89. The molecule has 1 aliphatic heterocycles. The number of carbonyl (C=O) groups is 1. The summed E-state index contributed by atoms with van der Waals surface area (Å²) in [5, 5.41) is 0.530. The van der Waals surface area contributed by atoms with Gasteiger partial charge in [-0.3, -0.25) is 9.59 Å². The van der Waals surface area contributed by atoms with Gasteiger partial charge in [-0.05, 0) is 51.3 Å². The second-order valence-electron chi connectivity index (χ2n) is 7.62. The number of nitrogens with one attached hydrogen (secondary N) is 1. The Morgan fingerprint density at radius 3 is 2.69 bits per heavy atom. The van der Waals surface area contributed by atoms with E-state index in [1.807, 2.05) is 37.8 Å². The number of aromatic amines is 1. The van der Waals surface area contributed by atoms with Crippen molar-refractivity contribution in [3.8, 4) is 0 Å². The summed E-state index contributed by atoms with van der Waals surface area (Å²) in [4.78, 5) is 36.6. The van der Waals surface area contributed by atoms with E-state index in [4.69, 9.17) is 0 Å². The number of piperidine rings is 1. The zero-order valence-corrected chi connectivity index (χ0v) is 18.6. The van der Waals surface area contributed by atoms with E-state index in [-0.39, 0.29) is 16.7 Å². The molecular weight excluding hydrogens is 404 g/mol. The Balaban J connectivity index is 1.35. The first-order chi connectivity index (χ1) is 13.9. The summed E-state index contributed by atoms with van der Waals surface area (Å²) in [6, 6.07) is 4.57. The van der Waals surface area contributed by atoms with E-state index in [1.165, 1.54) is 11.8 Å². The molecule has 29 heavy (non-hydrogen) atoms. The summed E-state index contributed by atoms with van der Waals surface area (Å²) in [5.74, 6) is 1.33. The van der Waals surface area contributed by atoms with E-state index < -0.39 is 0 Å². The standard InChI is InChI=1S/C21H26N4O2S2/c1-13-14(2)29-20-18(13)19(26)22-17(23-20)12-28-15(3)21(27)25-10-6-16(7-11-25)24-8-4-5-9-24/h4-5,8-9,15-16H,6-7,10-12H2,1-3H3,(H,22,23,26). The molecule has 1 atom stereocenters. The fourth-order valence-electron chi connectivity index (χ4n) is 3.88. The van der Waals surface area contributed by atoms with Crippen LogP contribution in [0.2, 0.25) is 0 Å². The monoisotopic (exact) mass is 430 g/mol. The Hall–Kier alpha value is -2.06. The van der Waals surface area contributed by atoms with Crippen molar-refractivity contribution in [2.45, 2.75) is 50.7 Å². The lowest BCUT2D eigenvalue weighted by atomic mass is 10.0. The molecule has 0 aliphatic carbocycles. The Morgan fingerprint density at radius 1 is 1.31 bits per heavy atom. The van der Waals surface area contributed by atoms with Gasteiger partial charge in [-0.2, -0.15) is 0 Å². The fraction of sp³-hybridized carbons (Fsp3) is 0.476. The maximum Gasteiger partial charge on any atom is 0.259 e. The van der Waals surface area contributed by atoms with Crippen molar-refractivity contribution >= 4 is 39.2 Å². The average molecular weight is 431 g/mol. The number of nitrogens with zero attached hydrogens (tertiary/aromatic N) is 3. The van der Waals surface area contributed by atoms with E-state index in [9.17, 15) is 9.59 Å². The number of fused-ring (bicyclic) bond motifs is 1. The number of thiophene rings is 1. The highest BCUT2D eigenvalue weighted by atomic mass is 32.2. The highest BCUT2D eigenvalue weighted by Gasteiger charge is 2.27. The minimum absolute atomic E-state index is 0.0847. The molecule has 0 radical (unpaired) electrons. The summed E-state index contributed by atoms with van der Waals surface area (Å²) >= 11 is 3.09. The Bertz CT molecular complexity index is 1060. The van der Waals surface area contributed by atoms with Gasteiger partial charge >= 0.3 is 0 Å². The van der Waals surface area contributed by atoms with E-state index >= 15 is 0 Å². The van der Waals surface area contributed by atoms with Crippen LogP contribution in [0.15, 0.2) is 29.3 Å². The van der Waals surface area contributed by atoms with Crippen LogP contribution in [0.3, 0.4) is 0 Å². The molecule has 6 nitrogen and oxygen atoms in total. The largest absolute Gasteiger partial charge is 0.351 e. The molecule has 0 spiro atoms. The quantitative estimate of drug-likeness (QED) is 0.667. The topological polar surface area (TPSA) is 71.0 Å². The third kappa shape index (κ3) is 4.14. The van der Waals surface area contributed by atoms with Crippen molar-refractivity contribution < 1.29 is 4.79 Å². The lowest BCUT2D eigenvalue weighted by Gasteiger charge is -2.34. The van der Waals surface area contributed by atoms with Crippen molar-refractivity contribution in [1.29, 1.82) is 0 Å². The van der Waals surface area contributed by atoms with Crippen LogP contribution in [0.25, 0.3) is 10.2 Å². The van der Waals surface area contributed by atoms with Crippen LogP contribution in [0, 0.1) is 13.8 Å². The molecule has 1 fully saturated rings. The molecular formula is C21H26N4O2S2. The van der Waals surface area contributed by atoms with Gasteiger partial charge in [0, 0.05) is 36.4 Å². The number of hydrogen-bond donors (Lipinski definition) is 1. The molecule has 1 saturated heterocycles. The van der Waals surface area contributed by atoms with E-state index in [0.717, 1.165) is 41.2 Å². The molecule has 3 aromatic rings. The maximum absolute atomic E-state index is 12.8. The first kappa shape index (κ1) is 20.2.